The Morgan fingerprint density at radius 1 is 1.48 bits per heavy atom. The smallest absolute Gasteiger partial charge is 0.311 e. The zero-order valence-corrected chi connectivity index (χ0v) is 14.0. The quantitative estimate of drug-likeness (QED) is 0.806. The summed E-state index contributed by atoms with van der Waals surface area (Å²) < 4.78 is 10.7. The number of ether oxygens (including phenoxy) is 1. The molecule has 2 atom stereocenters. The van der Waals surface area contributed by atoms with Gasteiger partial charge in [-0.1, -0.05) is 6.07 Å². The minimum atomic E-state index is -0.330. The van der Waals surface area contributed by atoms with Gasteiger partial charge >= 0.3 is 5.97 Å². The number of esters is 1. The van der Waals surface area contributed by atoms with Crippen LogP contribution in [0.5, 0.6) is 0 Å². The maximum atomic E-state index is 12.6. The van der Waals surface area contributed by atoms with E-state index in [1.807, 2.05) is 24.4 Å². The van der Waals surface area contributed by atoms with Crippen LogP contribution in [0.25, 0.3) is 0 Å². The van der Waals surface area contributed by atoms with Gasteiger partial charge in [0.05, 0.1) is 18.2 Å². The third-order valence-corrected chi connectivity index (χ3v) is 5.28. The number of thiophene rings is 1. The Morgan fingerprint density at radius 2 is 2.30 bits per heavy atom. The van der Waals surface area contributed by atoms with Crippen LogP contribution in [0.15, 0.2) is 34.3 Å². The van der Waals surface area contributed by atoms with E-state index in [1.54, 1.807) is 35.6 Å². The minimum absolute atomic E-state index is 0.0677. The van der Waals surface area contributed by atoms with Crippen molar-refractivity contribution in [2.24, 2.45) is 5.92 Å². The molecule has 3 rings (SSSR count). The molecule has 2 aromatic heterocycles. The first kappa shape index (κ1) is 15.8. The molecule has 0 radical (unpaired) electrons. The first-order valence-corrected chi connectivity index (χ1v) is 8.44. The van der Waals surface area contributed by atoms with Gasteiger partial charge in [-0.2, -0.15) is 0 Å². The van der Waals surface area contributed by atoms with Crippen LogP contribution in [0.1, 0.15) is 35.1 Å². The summed E-state index contributed by atoms with van der Waals surface area (Å²) in [6.45, 7) is 2.04. The number of amides is 1. The van der Waals surface area contributed by atoms with E-state index in [4.69, 9.17) is 9.15 Å². The summed E-state index contributed by atoms with van der Waals surface area (Å²) in [5.41, 5.74) is 0.867. The van der Waals surface area contributed by atoms with Gasteiger partial charge < -0.3 is 14.1 Å². The van der Waals surface area contributed by atoms with E-state index in [9.17, 15) is 9.59 Å². The van der Waals surface area contributed by atoms with Gasteiger partial charge in [0.2, 0.25) is 5.91 Å². The van der Waals surface area contributed by atoms with Crippen molar-refractivity contribution in [2.75, 3.05) is 7.05 Å². The number of hydrogen-bond acceptors (Lipinski definition) is 5. The Labute approximate surface area is 138 Å². The van der Waals surface area contributed by atoms with Crippen LogP contribution < -0.4 is 0 Å². The lowest BCUT2D eigenvalue weighted by Crippen LogP contribution is -2.43. The highest BCUT2D eigenvalue weighted by Crippen LogP contribution is 2.38. The number of rotatable bonds is 4. The van der Waals surface area contributed by atoms with Gasteiger partial charge in [-0.25, -0.2) is 0 Å². The Bertz CT molecular complexity index is 691. The summed E-state index contributed by atoms with van der Waals surface area (Å²) in [5.74, 6) is 0.230. The van der Waals surface area contributed by atoms with Crippen LogP contribution >= 0.6 is 11.3 Å². The molecule has 0 aliphatic carbocycles. The molecule has 1 aliphatic rings. The van der Waals surface area contributed by atoms with Gasteiger partial charge in [0.15, 0.2) is 0 Å². The second-order valence-electron chi connectivity index (χ2n) is 5.72. The summed E-state index contributed by atoms with van der Waals surface area (Å²) in [4.78, 5) is 27.3. The average Bonchev–Trinajstić information content (AvgIpc) is 3.19. The highest BCUT2D eigenvalue weighted by molar-refractivity contribution is 7.10. The third-order valence-electron chi connectivity index (χ3n) is 4.33. The Balaban J connectivity index is 1.74. The maximum absolute atomic E-state index is 12.6. The number of piperidine rings is 1. The van der Waals surface area contributed by atoms with E-state index in [0.29, 0.717) is 12.8 Å². The lowest BCUT2D eigenvalue weighted by Gasteiger charge is -2.37. The van der Waals surface area contributed by atoms with E-state index >= 15 is 0 Å². The van der Waals surface area contributed by atoms with E-state index in [2.05, 4.69) is 0 Å². The monoisotopic (exact) mass is 333 g/mol. The fourth-order valence-corrected chi connectivity index (χ4v) is 3.88. The fraction of sp³-hybridized carbons (Fsp3) is 0.412. The molecule has 2 aromatic rings. The largest absolute Gasteiger partial charge is 0.469 e. The van der Waals surface area contributed by atoms with E-state index < -0.39 is 0 Å². The highest BCUT2D eigenvalue weighted by Gasteiger charge is 2.40. The Hall–Kier alpha value is -2.08. The van der Waals surface area contributed by atoms with Gasteiger partial charge in [-0.3, -0.25) is 9.59 Å². The Morgan fingerprint density at radius 3 is 2.96 bits per heavy atom. The Kier molecular flexibility index (Phi) is 4.52. The van der Waals surface area contributed by atoms with Crippen LogP contribution in [0.4, 0.5) is 0 Å². The van der Waals surface area contributed by atoms with Crippen LogP contribution in [0.3, 0.4) is 0 Å². The molecule has 0 bridgehead atoms. The predicted molar refractivity (Wildman–Crippen MR) is 85.8 cm³/mol. The SMILES string of the molecule is Cc1occc1COC(=O)[C@@H]1CCC(=O)N(C)[C@H]1c1cccs1. The van der Waals surface area contributed by atoms with Crippen molar-refractivity contribution >= 4 is 23.2 Å². The highest BCUT2D eigenvalue weighted by atomic mass is 32.1. The van der Waals surface area contributed by atoms with Crippen molar-refractivity contribution in [1.82, 2.24) is 4.90 Å². The average molecular weight is 333 g/mol. The number of hydrogen-bond donors (Lipinski definition) is 0. The number of carbonyl (C=O) groups is 2. The van der Waals surface area contributed by atoms with E-state index in [-0.39, 0.29) is 30.4 Å². The summed E-state index contributed by atoms with van der Waals surface area (Å²) in [6.07, 6.45) is 2.48. The van der Waals surface area contributed by atoms with E-state index in [1.165, 1.54) is 0 Å². The molecule has 1 amide bonds. The molecular formula is C17H19NO4S. The maximum Gasteiger partial charge on any atom is 0.311 e. The molecule has 1 fully saturated rings. The number of nitrogens with zero attached hydrogens (tertiary/aromatic N) is 1. The topological polar surface area (TPSA) is 59.8 Å². The molecule has 122 valence electrons. The number of carbonyl (C=O) groups excluding carboxylic acids is 2. The molecule has 1 saturated heterocycles. The normalized spacial score (nSPS) is 21.5. The zero-order chi connectivity index (χ0) is 16.4. The molecule has 5 nitrogen and oxygen atoms in total. The molecule has 3 heterocycles. The molecule has 0 saturated carbocycles. The van der Waals surface area contributed by atoms with Crippen molar-refractivity contribution in [3.8, 4) is 0 Å². The van der Waals surface area contributed by atoms with Crippen molar-refractivity contribution in [3.63, 3.8) is 0 Å². The lowest BCUT2D eigenvalue weighted by molar-refractivity contribution is -0.157. The molecular weight excluding hydrogens is 314 g/mol. The number of likely N-dealkylation sites (tertiary alicyclic amines) is 1. The van der Waals surface area contributed by atoms with Gasteiger partial charge in [-0.05, 0) is 30.9 Å². The molecule has 0 N–H and O–H groups in total. The second-order valence-corrected chi connectivity index (χ2v) is 6.70. The molecule has 0 unspecified atom stereocenters. The van der Waals surface area contributed by atoms with Gasteiger partial charge in [0.1, 0.15) is 12.4 Å². The van der Waals surface area contributed by atoms with Crippen molar-refractivity contribution in [1.29, 1.82) is 0 Å². The van der Waals surface area contributed by atoms with Crippen LogP contribution in [0.2, 0.25) is 0 Å². The second kappa shape index (κ2) is 6.58. The molecule has 23 heavy (non-hydrogen) atoms. The standard InChI is InChI=1S/C17H19NO4S/c1-11-12(7-8-21-11)10-22-17(20)13-5-6-15(19)18(2)16(13)14-4-3-9-23-14/h3-4,7-9,13,16H,5-6,10H2,1-2H3/t13-,16-/m1/s1. The van der Waals surface area contributed by atoms with Crippen molar-refractivity contribution in [2.45, 2.75) is 32.4 Å². The van der Waals surface area contributed by atoms with Crippen molar-refractivity contribution < 1.29 is 18.7 Å². The van der Waals surface area contributed by atoms with E-state index in [0.717, 1.165) is 16.2 Å². The fourth-order valence-electron chi connectivity index (χ4n) is 2.95. The zero-order valence-electron chi connectivity index (χ0n) is 13.2. The van der Waals surface area contributed by atoms with Gasteiger partial charge in [0.25, 0.3) is 0 Å². The molecule has 6 heteroatoms. The van der Waals surface area contributed by atoms with Gasteiger partial charge in [-0.15, -0.1) is 11.3 Å². The predicted octanol–water partition coefficient (Wildman–Crippen LogP) is 3.30. The first-order chi connectivity index (χ1) is 11.1. The first-order valence-electron chi connectivity index (χ1n) is 7.56. The van der Waals surface area contributed by atoms with Gasteiger partial charge in [0, 0.05) is 23.9 Å². The lowest BCUT2D eigenvalue weighted by atomic mass is 9.88. The molecule has 1 aliphatic heterocycles. The molecule has 0 spiro atoms. The third kappa shape index (κ3) is 3.17. The minimum Gasteiger partial charge on any atom is -0.469 e. The van der Waals surface area contributed by atoms with Crippen LogP contribution in [0, 0.1) is 12.8 Å². The summed E-state index contributed by atoms with van der Waals surface area (Å²) >= 11 is 1.56. The van der Waals surface area contributed by atoms with Crippen LogP contribution in [-0.2, 0) is 20.9 Å². The number of furan rings is 1. The summed E-state index contributed by atoms with van der Waals surface area (Å²) in [6, 6.07) is 5.46. The molecule has 0 aromatic carbocycles. The van der Waals surface area contributed by atoms with Crippen LogP contribution in [-0.4, -0.2) is 23.8 Å². The number of aryl methyl sites for hydroxylation is 1. The summed E-state index contributed by atoms with van der Waals surface area (Å²) in [5, 5.41) is 1.96. The summed E-state index contributed by atoms with van der Waals surface area (Å²) in [7, 11) is 1.76. The van der Waals surface area contributed by atoms with Crippen molar-refractivity contribution in [3.05, 3.63) is 46.0 Å².